The van der Waals surface area contributed by atoms with Crippen molar-refractivity contribution in [1.29, 1.82) is 0 Å². The fourth-order valence-corrected chi connectivity index (χ4v) is 1.76. The average molecular weight is 216 g/mol. The first kappa shape index (κ1) is 11.1. The minimum Gasteiger partial charge on any atom is -0.396 e. The molecule has 1 rings (SSSR count). The summed E-state index contributed by atoms with van der Waals surface area (Å²) < 4.78 is 2.44. The van der Waals surface area contributed by atoms with Crippen LogP contribution in [-0.4, -0.2) is 26.6 Å². The van der Waals surface area contributed by atoms with Crippen LogP contribution < -0.4 is 11.2 Å². The molecule has 0 spiro atoms. The van der Waals surface area contributed by atoms with Crippen LogP contribution in [0.3, 0.4) is 0 Å². The smallest absolute Gasteiger partial charge is 0.331 e. The van der Waals surface area contributed by atoms with E-state index in [1.807, 2.05) is 0 Å². The zero-order chi connectivity index (χ0) is 10.7. The Kier molecular flexibility index (Phi) is 3.54. The van der Waals surface area contributed by atoms with Crippen molar-refractivity contribution >= 4 is 11.8 Å². The molecule has 5 nitrogen and oxygen atoms in total. The summed E-state index contributed by atoms with van der Waals surface area (Å²) in [5.74, 6) is 0.473. The van der Waals surface area contributed by atoms with E-state index in [0.29, 0.717) is 10.8 Å². The maximum absolute atomic E-state index is 11.4. The van der Waals surface area contributed by atoms with Crippen LogP contribution in [0.2, 0.25) is 0 Å². The van der Waals surface area contributed by atoms with Crippen LogP contribution in [0.15, 0.2) is 20.7 Å². The maximum Gasteiger partial charge on any atom is 0.331 e. The molecule has 1 aromatic rings. The first-order valence-corrected chi connectivity index (χ1v) is 5.07. The van der Waals surface area contributed by atoms with Gasteiger partial charge in [0, 0.05) is 25.9 Å². The first-order chi connectivity index (χ1) is 6.57. The van der Waals surface area contributed by atoms with Crippen molar-refractivity contribution in [2.45, 2.75) is 5.03 Å². The van der Waals surface area contributed by atoms with E-state index in [2.05, 4.69) is 0 Å². The fourth-order valence-electron chi connectivity index (χ4n) is 1.00. The Labute approximate surface area is 85.0 Å². The number of thioether (sulfide) groups is 1. The quantitative estimate of drug-likeness (QED) is 0.529. The number of aromatic nitrogens is 2. The van der Waals surface area contributed by atoms with Crippen molar-refractivity contribution in [1.82, 2.24) is 9.13 Å². The normalized spacial score (nSPS) is 10.5. The Balaban J connectivity index is 3.20. The molecular weight excluding hydrogens is 204 g/mol. The number of nitrogens with zero attached hydrogens (tertiary/aromatic N) is 2. The highest BCUT2D eigenvalue weighted by molar-refractivity contribution is 7.99. The van der Waals surface area contributed by atoms with Crippen molar-refractivity contribution in [3.8, 4) is 0 Å². The molecule has 0 aliphatic heterocycles. The van der Waals surface area contributed by atoms with Gasteiger partial charge in [0.15, 0.2) is 0 Å². The largest absolute Gasteiger partial charge is 0.396 e. The number of hydrogen-bond acceptors (Lipinski definition) is 4. The molecule has 0 saturated carbocycles. The average Bonchev–Trinajstić information content (AvgIpc) is 2.18. The molecule has 78 valence electrons. The summed E-state index contributed by atoms with van der Waals surface area (Å²) in [6, 6.07) is 1.39. The second-order valence-corrected chi connectivity index (χ2v) is 3.91. The molecule has 0 radical (unpaired) electrons. The van der Waals surface area contributed by atoms with Crippen molar-refractivity contribution in [3.63, 3.8) is 0 Å². The van der Waals surface area contributed by atoms with Crippen LogP contribution in [0, 0.1) is 0 Å². The van der Waals surface area contributed by atoms with Crippen LogP contribution in [0.5, 0.6) is 0 Å². The summed E-state index contributed by atoms with van der Waals surface area (Å²) in [5, 5.41) is 9.20. The van der Waals surface area contributed by atoms with Crippen LogP contribution in [0.25, 0.3) is 0 Å². The molecule has 14 heavy (non-hydrogen) atoms. The van der Waals surface area contributed by atoms with E-state index in [-0.39, 0.29) is 17.9 Å². The van der Waals surface area contributed by atoms with Gasteiger partial charge in [0.2, 0.25) is 0 Å². The molecule has 0 saturated heterocycles. The van der Waals surface area contributed by atoms with Gasteiger partial charge in [-0.1, -0.05) is 0 Å². The predicted octanol–water partition coefficient (Wildman–Crippen LogP) is -0.832. The molecule has 0 unspecified atom stereocenters. The topological polar surface area (TPSA) is 64.2 Å². The van der Waals surface area contributed by atoms with Crippen molar-refractivity contribution in [2.24, 2.45) is 14.1 Å². The third-order valence-corrected chi connectivity index (χ3v) is 2.90. The van der Waals surface area contributed by atoms with Crippen LogP contribution >= 0.6 is 11.8 Å². The Morgan fingerprint density at radius 1 is 1.36 bits per heavy atom. The second-order valence-electron chi connectivity index (χ2n) is 2.79. The van der Waals surface area contributed by atoms with Gasteiger partial charge in [-0.15, -0.1) is 11.8 Å². The van der Waals surface area contributed by atoms with Gasteiger partial charge < -0.3 is 5.11 Å². The third kappa shape index (κ3) is 2.08. The fraction of sp³-hybridized carbons (Fsp3) is 0.500. The van der Waals surface area contributed by atoms with Gasteiger partial charge in [0.1, 0.15) is 0 Å². The first-order valence-electron chi connectivity index (χ1n) is 4.08. The summed E-state index contributed by atoms with van der Waals surface area (Å²) >= 11 is 1.28. The lowest BCUT2D eigenvalue weighted by atomic mass is 10.6. The van der Waals surface area contributed by atoms with E-state index in [0.717, 1.165) is 4.57 Å². The molecule has 0 aliphatic rings. The summed E-state index contributed by atoms with van der Waals surface area (Å²) in [7, 11) is 3.03. The summed E-state index contributed by atoms with van der Waals surface area (Å²) in [6.45, 7) is 0.0219. The molecule has 0 fully saturated rings. The van der Waals surface area contributed by atoms with E-state index in [9.17, 15) is 9.59 Å². The highest BCUT2D eigenvalue weighted by Gasteiger charge is 2.05. The molecule has 0 bridgehead atoms. The third-order valence-electron chi connectivity index (χ3n) is 1.82. The standard InChI is InChI=1S/C8H12N2O3S/c1-9-6(12)5-7(14-4-3-11)10(2)8(9)13/h5,11H,3-4H2,1-2H3. The van der Waals surface area contributed by atoms with E-state index in [1.54, 1.807) is 7.05 Å². The van der Waals surface area contributed by atoms with Gasteiger partial charge in [0.05, 0.1) is 11.6 Å². The number of rotatable bonds is 3. The molecule has 0 atom stereocenters. The minimum absolute atomic E-state index is 0.0219. The van der Waals surface area contributed by atoms with Gasteiger partial charge in [-0.25, -0.2) is 4.79 Å². The van der Waals surface area contributed by atoms with Crippen LogP contribution in [0.4, 0.5) is 0 Å². The highest BCUT2D eigenvalue weighted by atomic mass is 32.2. The van der Waals surface area contributed by atoms with E-state index < -0.39 is 0 Å². The molecule has 0 aliphatic carbocycles. The lowest BCUT2D eigenvalue weighted by Gasteiger charge is -2.07. The summed E-state index contributed by atoms with van der Waals surface area (Å²) in [6.07, 6.45) is 0. The maximum atomic E-state index is 11.4. The van der Waals surface area contributed by atoms with Gasteiger partial charge in [-0.2, -0.15) is 0 Å². The molecule has 6 heteroatoms. The molecule has 0 amide bonds. The zero-order valence-electron chi connectivity index (χ0n) is 8.06. The number of aliphatic hydroxyl groups is 1. The van der Waals surface area contributed by atoms with Gasteiger partial charge >= 0.3 is 5.69 Å². The Hall–Kier alpha value is -1.01. The number of aliphatic hydroxyl groups excluding tert-OH is 1. The predicted molar refractivity (Wildman–Crippen MR) is 54.7 cm³/mol. The zero-order valence-corrected chi connectivity index (χ0v) is 8.87. The molecule has 1 heterocycles. The van der Waals surface area contributed by atoms with Crippen molar-refractivity contribution in [3.05, 3.63) is 26.9 Å². The monoisotopic (exact) mass is 216 g/mol. The Morgan fingerprint density at radius 3 is 2.57 bits per heavy atom. The molecular formula is C8H12N2O3S. The van der Waals surface area contributed by atoms with E-state index in [4.69, 9.17) is 5.11 Å². The van der Waals surface area contributed by atoms with Crippen LogP contribution in [0.1, 0.15) is 0 Å². The number of hydrogen-bond donors (Lipinski definition) is 1. The van der Waals surface area contributed by atoms with E-state index >= 15 is 0 Å². The highest BCUT2D eigenvalue weighted by Crippen LogP contribution is 2.12. The SMILES string of the molecule is Cn1c(SCCO)cc(=O)n(C)c1=O. The van der Waals surface area contributed by atoms with E-state index in [1.165, 1.54) is 29.4 Å². The molecule has 1 aromatic heterocycles. The van der Waals surface area contributed by atoms with Gasteiger partial charge in [-0.05, 0) is 0 Å². The Morgan fingerprint density at radius 2 is 2.00 bits per heavy atom. The lowest BCUT2D eigenvalue weighted by molar-refractivity contribution is 0.322. The molecule has 1 N–H and O–H groups in total. The minimum atomic E-state index is -0.349. The van der Waals surface area contributed by atoms with Crippen LogP contribution in [-0.2, 0) is 14.1 Å². The Bertz CT molecular complexity index is 435. The van der Waals surface area contributed by atoms with Crippen molar-refractivity contribution < 1.29 is 5.11 Å². The lowest BCUT2D eigenvalue weighted by Crippen LogP contribution is -2.37. The van der Waals surface area contributed by atoms with Gasteiger partial charge in [0.25, 0.3) is 5.56 Å². The second kappa shape index (κ2) is 4.47. The summed E-state index contributed by atoms with van der Waals surface area (Å²) in [5.41, 5.74) is -0.675. The van der Waals surface area contributed by atoms with Gasteiger partial charge in [-0.3, -0.25) is 13.9 Å². The molecule has 0 aromatic carbocycles. The van der Waals surface area contributed by atoms with Crippen molar-refractivity contribution in [2.75, 3.05) is 12.4 Å². The summed E-state index contributed by atoms with van der Waals surface area (Å²) in [4.78, 5) is 22.7.